The van der Waals surface area contributed by atoms with Crippen LogP contribution in [0.4, 0.5) is 4.39 Å². The molecule has 1 amide bonds. The monoisotopic (exact) mass is 584 g/mol. The van der Waals surface area contributed by atoms with Crippen LogP contribution in [0.25, 0.3) is 11.3 Å². The fourth-order valence-corrected chi connectivity index (χ4v) is 4.33. The van der Waals surface area contributed by atoms with Crippen LogP contribution in [0.5, 0.6) is 11.5 Å². The molecule has 0 bridgehead atoms. The number of carboxylic acids is 2. The lowest BCUT2D eigenvalue weighted by Crippen LogP contribution is -2.52. The number of amides is 1. The van der Waals surface area contributed by atoms with Gasteiger partial charge in [-0.15, -0.1) is 0 Å². The van der Waals surface area contributed by atoms with Crippen molar-refractivity contribution in [1.29, 1.82) is 0 Å². The Labute approximate surface area is 242 Å². The number of piperidine rings is 1. The molecule has 1 aliphatic heterocycles. The van der Waals surface area contributed by atoms with Crippen molar-refractivity contribution in [2.24, 2.45) is 0 Å². The van der Waals surface area contributed by atoms with Crippen molar-refractivity contribution in [2.45, 2.75) is 31.1 Å². The maximum Gasteiger partial charge on any atom is 0.335 e. The average Bonchev–Trinajstić information content (AvgIpc) is 2.97. The van der Waals surface area contributed by atoms with E-state index < -0.39 is 24.1 Å². The molecule has 2 unspecified atom stereocenters. The summed E-state index contributed by atoms with van der Waals surface area (Å²) in [7, 11) is 6.38. The topological polar surface area (TPSA) is 157 Å². The van der Waals surface area contributed by atoms with Crippen molar-refractivity contribution >= 4 is 17.8 Å². The Hall–Kier alpha value is -4.39. The summed E-state index contributed by atoms with van der Waals surface area (Å²) < 4.78 is 19.8. The third-order valence-corrected chi connectivity index (χ3v) is 7.01. The van der Waals surface area contributed by atoms with E-state index in [2.05, 4.69) is 19.1 Å². The van der Waals surface area contributed by atoms with E-state index in [1.807, 2.05) is 42.3 Å². The Morgan fingerprint density at radius 2 is 1.40 bits per heavy atom. The second-order valence-electron chi connectivity index (χ2n) is 10.6. The molecule has 2 heterocycles. The summed E-state index contributed by atoms with van der Waals surface area (Å²) in [6.07, 6.45) is -0.819. The number of quaternary nitrogens is 1. The molecule has 2 aromatic carbocycles. The highest BCUT2D eigenvalue weighted by Crippen LogP contribution is 2.26. The molecule has 0 aliphatic carbocycles. The Bertz CT molecular complexity index is 1350. The number of aliphatic carboxylic acids is 2. The first-order valence-corrected chi connectivity index (χ1v) is 13.2. The zero-order chi connectivity index (χ0) is 31.0. The van der Waals surface area contributed by atoms with Gasteiger partial charge in [-0.05, 0) is 60.7 Å². The van der Waals surface area contributed by atoms with Crippen LogP contribution in [-0.2, 0) is 9.59 Å². The van der Waals surface area contributed by atoms with Crippen molar-refractivity contribution in [3.05, 3.63) is 78.2 Å². The molecule has 1 aromatic heterocycles. The molecule has 12 heteroatoms. The second kappa shape index (κ2) is 14.0. The minimum Gasteiger partial charge on any atom is -0.479 e. The number of rotatable bonds is 8. The number of aliphatic hydroxyl groups excluding tert-OH is 2. The summed E-state index contributed by atoms with van der Waals surface area (Å²) in [5, 5.41) is 32.5. The highest BCUT2D eigenvalue weighted by molar-refractivity contribution is 5.95. The number of nitrogens with zero attached hydrogens (tertiary/aromatic N) is 3. The van der Waals surface area contributed by atoms with Gasteiger partial charge in [0.2, 0.25) is 0 Å². The van der Waals surface area contributed by atoms with Crippen LogP contribution in [0.2, 0.25) is 0 Å². The van der Waals surface area contributed by atoms with E-state index in [9.17, 15) is 18.8 Å². The maximum atomic E-state index is 13.1. The molecule has 1 fully saturated rings. The number of likely N-dealkylation sites (tertiary alicyclic amines) is 1. The molecule has 0 saturated carbocycles. The number of pyridine rings is 1. The first-order chi connectivity index (χ1) is 19.8. The predicted molar refractivity (Wildman–Crippen MR) is 150 cm³/mol. The minimum absolute atomic E-state index is 0.0297. The van der Waals surface area contributed by atoms with E-state index in [1.165, 1.54) is 12.1 Å². The van der Waals surface area contributed by atoms with Gasteiger partial charge in [0.05, 0.1) is 32.9 Å². The minimum atomic E-state index is -2.27. The lowest BCUT2D eigenvalue weighted by atomic mass is 10.0. The van der Waals surface area contributed by atoms with Crippen LogP contribution >= 0.6 is 0 Å². The molecule has 224 valence electrons. The van der Waals surface area contributed by atoms with Crippen molar-refractivity contribution in [3.63, 3.8) is 0 Å². The molecule has 4 N–H and O–H groups in total. The van der Waals surface area contributed by atoms with Gasteiger partial charge in [0.15, 0.2) is 12.2 Å². The summed E-state index contributed by atoms with van der Waals surface area (Å²) in [6, 6.07) is 17.3. The van der Waals surface area contributed by atoms with Gasteiger partial charge in [-0.3, -0.25) is 9.78 Å². The number of aromatic nitrogens is 1. The first-order valence-electron chi connectivity index (χ1n) is 13.2. The van der Waals surface area contributed by atoms with Gasteiger partial charge in [-0.1, -0.05) is 0 Å². The number of carbonyl (C=O) groups excluding carboxylic acids is 1. The highest BCUT2D eigenvalue weighted by atomic mass is 19.1. The SMILES string of the molecule is CN(C(=O)c1ccnc(-c2ccc(Oc3ccc(F)cc3)cc2)c1)C1CC[N+](C)(C)CC1.O=C(O)C(O)C(O)C(=O)O. The third kappa shape index (κ3) is 8.80. The van der Waals surface area contributed by atoms with E-state index in [0.717, 1.165) is 41.7 Å². The van der Waals surface area contributed by atoms with Crippen LogP contribution in [0.15, 0.2) is 66.9 Å². The van der Waals surface area contributed by atoms with Crippen LogP contribution < -0.4 is 4.74 Å². The Kier molecular flexibility index (Phi) is 10.7. The summed E-state index contributed by atoms with van der Waals surface area (Å²) in [6.45, 7) is 2.16. The first kappa shape index (κ1) is 32.1. The number of carboxylic acid groups (broad SMARTS) is 2. The number of aliphatic hydroxyl groups is 2. The number of benzene rings is 2. The molecular formula is C30H35FN3O8+. The standard InChI is InChI=1S/C26H29FN3O2.C4H6O6/c1-29(22-13-16-30(2,3)17-14-22)26(31)20-12-15-28-25(18-20)19-4-8-23(9-5-19)32-24-10-6-21(27)7-11-24;5-1(3(7)8)2(6)4(9)10/h4-12,15,18,22H,13-14,16-17H2,1-3H3;1-2,5-6H,(H,7,8)(H,9,10)/q+1;. The Morgan fingerprint density at radius 1 is 0.905 bits per heavy atom. The Morgan fingerprint density at radius 3 is 1.90 bits per heavy atom. The summed E-state index contributed by atoms with van der Waals surface area (Å²) in [5.74, 6) is -2.60. The number of halogens is 1. The number of ether oxygens (including phenoxy) is 1. The van der Waals surface area contributed by atoms with Crippen molar-refractivity contribution < 1.29 is 48.4 Å². The van der Waals surface area contributed by atoms with E-state index in [4.69, 9.17) is 25.2 Å². The zero-order valence-corrected chi connectivity index (χ0v) is 23.6. The lowest BCUT2D eigenvalue weighted by molar-refractivity contribution is -0.895. The molecule has 42 heavy (non-hydrogen) atoms. The number of hydrogen-bond acceptors (Lipinski definition) is 7. The normalized spacial score (nSPS) is 15.9. The van der Waals surface area contributed by atoms with Crippen molar-refractivity contribution in [2.75, 3.05) is 34.2 Å². The largest absolute Gasteiger partial charge is 0.479 e. The van der Waals surface area contributed by atoms with Crippen molar-refractivity contribution in [1.82, 2.24) is 9.88 Å². The summed E-state index contributed by atoms with van der Waals surface area (Å²) >= 11 is 0. The number of hydrogen-bond donors (Lipinski definition) is 4. The highest BCUT2D eigenvalue weighted by Gasteiger charge is 2.31. The van der Waals surface area contributed by atoms with Crippen LogP contribution in [0, 0.1) is 5.82 Å². The fraction of sp³-hybridized carbons (Fsp3) is 0.333. The third-order valence-electron chi connectivity index (χ3n) is 7.01. The van der Waals surface area contributed by atoms with Crippen LogP contribution in [0.3, 0.4) is 0 Å². The molecule has 2 atom stereocenters. The molecule has 3 aromatic rings. The van der Waals surface area contributed by atoms with E-state index >= 15 is 0 Å². The quantitative estimate of drug-likeness (QED) is 0.292. The summed E-state index contributed by atoms with van der Waals surface area (Å²) in [5.41, 5.74) is 2.27. The van der Waals surface area contributed by atoms with Gasteiger partial charge in [-0.2, -0.15) is 0 Å². The van der Waals surface area contributed by atoms with Crippen LogP contribution in [-0.4, -0.2) is 105 Å². The molecule has 1 saturated heterocycles. The molecule has 11 nitrogen and oxygen atoms in total. The van der Waals surface area contributed by atoms with E-state index in [1.54, 1.807) is 24.4 Å². The molecule has 1 aliphatic rings. The van der Waals surface area contributed by atoms with Gasteiger partial charge in [0.25, 0.3) is 5.91 Å². The van der Waals surface area contributed by atoms with E-state index in [0.29, 0.717) is 17.1 Å². The van der Waals surface area contributed by atoms with Gasteiger partial charge >= 0.3 is 11.9 Å². The average molecular weight is 585 g/mol. The van der Waals surface area contributed by atoms with Crippen LogP contribution in [0.1, 0.15) is 23.2 Å². The van der Waals surface area contributed by atoms with Gasteiger partial charge in [-0.25, -0.2) is 14.0 Å². The van der Waals surface area contributed by atoms with Gasteiger partial charge in [0, 0.05) is 43.3 Å². The zero-order valence-electron chi connectivity index (χ0n) is 23.6. The van der Waals surface area contributed by atoms with E-state index in [-0.39, 0.29) is 17.8 Å². The fourth-order valence-electron chi connectivity index (χ4n) is 4.33. The lowest BCUT2D eigenvalue weighted by Gasteiger charge is -2.40. The maximum absolute atomic E-state index is 13.1. The molecule has 0 radical (unpaired) electrons. The smallest absolute Gasteiger partial charge is 0.335 e. The second-order valence-corrected chi connectivity index (χ2v) is 10.6. The molecule has 4 rings (SSSR count). The van der Waals surface area contributed by atoms with Gasteiger partial charge in [0.1, 0.15) is 17.3 Å². The van der Waals surface area contributed by atoms with Gasteiger partial charge < -0.3 is 34.5 Å². The molecule has 0 spiro atoms. The number of carbonyl (C=O) groups is 3. The Balaban J connectivity index is 0.000000416. The predicted octanol–water partition coefficient (Wildman–Crippen LogP) is 2.87. The van der Waals surface area contributed by atoms with Crippen molar-refractivity contribution in [3.8, 4) is 22.8 Å². The molecular weight excluding hydrogens is 549 g/mol. The summed E-state index contributed by atoms with van der Waals surface area (Å²) in [4.78, 5) is 39.0.